The molecule has 23 heavy (non-hydrogen) atoms. The number of anilines is 1. The number of nitrogens with one attached hydrogen (secondary N) is 1. The van der Waals surface area contributed by atoms with Crippen molar-refractivity contribution < 1.29 is 9.59 Å². The standard InChI is InChI=1S/C19H26ClNO2/c1-2-17(20)19(23)15-9-11-16(12-10-15)21-18(22)13-8-14-6-4-3-5-7-14/h9-12,14,17H,2-8,13H2,1H3,(H,21,22). The number of halogens is 1. The highest BCUT2D eigenvalue weighted by Gasteiger charge is 2.16. The van der Waals surface area contributed by atoms with E-state index in [0.717, 1.165) is 12.1 Å². The Balaban J connectivity index is 1.80. The third-order valence-electron chi connectivity index (χ3n) is 4.60. The summed E-state index contributed by atoms with van der Waals surface area (Å²) < 4.78 is 0. The van der Waals surface area contributed by atoms with Gasteiger partial charge in [-0.2, -0.15) is 0 Å². The van der Waals surface area contributed by atoms with E-state index in [-0.39, 0.29) is 11.7 Å². The lowest BCUT2D eigenvalue weighted by atomic mass is 9.86. The lowest BCUT2D eigenvalue weighted by Crippen LogP contribution is -2.15. The minimum Gasteiger partial charge on any atom is -0.326 e. The quantitative estimate of drug-likeness (QED) is 0.550. The Kier molecular flexibility index (Phi) is 7.10. The molecule has 0 spiro atoms. The molecule has 1 aliphatic rings. The Morgan fingerprint density at radius 1 is 1.17 bits per heavy atom. The van der Waals surface area contributed by atoms with Crippen LogP contribution in [0.15, 0.2) is 24.3 Å². The van der Waals surface area contributed by atoms with Gasteiger partial charge in [0.15, 0.2) is 5.78 Å². The average Bonchev–Trinajstić information content (AvgIpc) is 2.60. The topological polar surface area (TPSA) is 46.2 Å². The first-order valence-corrected chi connectivity index (χ1v) is 9.12. The highest BCUT2D eigenvalue weighted by Crippen LogP contribution is 2.27. The van der Waals surface area contributed by atoms with Crippen molar-refractivity contribution in [1.29, 1.82) is 0 Å². The second-order valence-corrected chi connectivity index (χ2v) is 6.94. The minimum absolute atomic E-state index is 0.0541. The number of hydrogen-bond acceptors (Lipinski definition) is 2. The van der Waals surface area contributed by atoms with E-state index in [1.54, 1.807) is 24.3 Å². The van der Waals surface area contributed by atoms with E-state index >= 15 is 0 Å². The Morgan fingerprint density at radius 3 is 2.43 bits per heavy atom. The van der Waals surface area contributed by atoms with Crippen LogP contribution in [0.4, 0.5) is 5.69 Å². The molecule has 3 nitrogen and oxygen atoms in total. The average molecular weight is 336 g/mol. The smallest absolute Gasteiger partial charge is 0.224 e. The molecule has 1 aromatic rings. The van der Waals surface area contributed by atoms with E-state index in [1.807, 2.05) is 6.92 Å². The third kappa shape index (κ3) is 5.65. The van der Waals surface area contributed by atoms with Gasteiger partial charge in [-0.3, -0.25) is 9.59 Å². The molecular weight excluding hydrogens is 310 g/mol. The molecular formula is C19H26ClNO2. The second-order valence-electron chi connectivity index (χ2n) is 6.41. The number of ketones is 1. The Bertz CT molecular complexity index is 521. The summed E-state index contributed by atoms with van der Waals surface area (Å²) in [4.78, 5) is 24.0. The fraction of sp³-hybridized carbons (Fsp3) is 0.579. The van der Waals surface area contributed by atoms with E-state index < -0.39 is 5.38 Å². The summed E-state index contributed by atoms with van der Waals surface area (Å²) in [5.74, 6) is 0.701. The molecule has 126 valence electrons. The highest BCUT2D eigenvalue weighted by atomic mass is 35.5. The molecule has 2 rings (SSSR count). The number of rotatable bonds is 7. The van der Waals surface area contributed by atoms with Crippen molar-refractivity contribution in [3.05, 3.63) is 29.8 Å². The van der Waals surface area contributed by atoms with Crippen LogP contribution in [-0.4, -0.2) is 17.1 Å². The van der Waals surface area contributed by atoms with Crippen LogP contribution in [0.25, 0.3) is 0 Å². The predicted molar refractivity (Wildman–Crippen MR) is 95.1 cm³/mol. The molecule has 0 aromatic heterocycles. The fourth-order valence-corrected chi connectivity index (χ4v) is 3.24. The largest absolute Gasteiger partial charge is 0.326 e. The molecule has 0 saturated heterocycles. The summed E-state index contributed by atoms with van der Waals surface area (Å²) in [5.41, 5.74) is 1.32. The molecule has 4 heteroatoms. The summed E-state index contributed by atoms with van der Waals surface area (Å²) in [6.45, 7) is 1.89. The monoisotopic (exact) mass is 335 g/mol. The zero-order valence-electron chi connectivity index (χ0n) is 13.8. The van der Waals surface area contributed by atoms with Crippen LogP contribution in [0.2, 0.25) is 0 Å². The first kappa shape index (κ1) is 18.0. The molecule has 1 amide bonds. The molecule has 0 aliphatic heterocycles. The van der Waals surface area contributed by atoms with Gasteiger partial charge in [0.25, 0.3) is 0 Å². The van der Waals surface area contributed by atoms with Crippen LogP contribution in [0.3, 0.4) is 0 Å². The molecule has 0 radical (unpaired) electrons. The van der Waals surface area contributed by atoms with Crippen molar-refractivity contribution in [3.63, 3.8) is 0 Å². The van der Waals surface area contributed by atoms with Gasteiger partial charge >= 0.3 is 0 Å². The van der Waals surface area contributed by atoms with E-state index in [1.165, 1.54) is 32.1 Å². The van der Waals surface area contributed by atoms with E-state index in [2.05, 4.69) is 5.32 Å². The number of amides is 1. The zero-order chi connectivity index (χ0) is 16.7. The van der Waals surface area contributed by atoms with Crippen LogP contribution in [-0.2, 0) is 4.79 Å². The van der Waals surface area contributed by atoms with Gasteiger partial charge < -0.3 is 5.32 Å². The van der Waals surface area contributed by atoms with Gasteiger partial charge in [-0.05, 0) is 43.0 Å². The molecule has 1 unspecified atom stereocenters. The maximum absolute atomic E-state index is 12.0. The molecule has 1 N–H and O–H groups in total. The first-order valence-electron chi connectivity index (χ1n) is 8.68. The molecule has 1 saturated carbocycles. The zero-order valence-corrected chi connectivity index (χ0v) is 14.6. The lowest BCUT2D eigenvalue weighted by molar-refractivity contribution is -0.116. The third-order valence-corrected chi connectivity index (χ3v) is 5.11. The number of carbonyl (C=O) groups excluding carboxylic acids is 2. The summed E-state index contributed by atoms with van der Waals surface area (Å²) in [6.07, 6.45) is 8.65. The van der Waals surface area contributed by atoms with Gasteiger partial charge in [0, 0.05) is 17.7 Å². The molecule has 1 aliphatic carbocycles. The fourth-order valence-electron chi connectivity index (χ4n) is 3.12. The number of benzene rings is 1. The van der Waals surface area contributed by atoms with Gasteiger partial charge in [-0.1, -0.05) is 39.0 Å². The van der Waals surface area contributed by atoms with E-state index in [4.69, 9.17) is 11.6 Å². The van der Waals surface area contributed by atoms with E-state index in [9.17, 15) is 9.59 Å². The Labute approximate surface area is 143 Å². The first-order chi connectivity index (χ1) is 11.1. The van der Waals surface area contributed by atoms with Crippen LogP contribution in [0.5, 0.6) is 0 Å². The van der Waals surface area contributed by atoms with Crippen LogP contribution in [0.1, 0.15) is 68.6 Å². The van der Waals surface area contributed by atoms with Crippen molar-refractivity contribution in [2.45, 2.75) is 63.7 Å². The number of hydrogen-bond donors (Lipinski definition) is 1. The van der Waals surface area contributed by atoms with Gasteiger partial charge in [0.2, 0.25) is 5.91 Å². The number of carbonyl (C=O) groups is 2. The van der Waals surface area contributed by atoms with Crippen LogP contribution in [0, 0.1) is 5.92 Å². The van der Waals surface area contributed by atoms with Crippen molar-refractivity contribution in [1.82, 2.24) is 0 Å². The summed E-state index contributed by atoms with van der Waals surface area (Å²) >= 11 is 5.97. The van der Waals surface area contributed by atoms with Crippen molar-refractivity contribution >= 4 is 29.0 Å². The van der Waals surface area contributed by atoms with Gasteiger partial charge in [0.05, 0.1) is 5.38 Å². The van der Waals surface area contributed by atoms with Crippen molar-refractivity contribution in [2.24, 2.45) is 5.92 Å². The van der Waals surface area contributed by atoms with Crippen molar-refractivity contribution in [2.75, 3.05) is 5.32 Å². The molecule has 1 aromatic carbocycles. The maximum atomic E-state index is 12.0. The summed E-state index contributed by atoms with van der Waals surface area (Å²) in [5, 5.41) is 2.43. The SMILES string of the molecule is CCC(Cl)C(=O)c1ccc(NC(=O)CCC2CCCCC2)cc1. The summed E-state index contributed by atoms with van der Waals surface area (Å²) in [7, 11) is 0. The highest BCUT2D eigenvalue weighted by molar-refractivity contribution is 6.33. The lowest BCUT2D eigenvalue weighted by Gasteiger charge is -2.21. The molecule has 1 fully saturated rings. The normalized spacial score (nSPS) is 16.8. The molecule has 0 bridgehead atoms. The van der Waals surface area contributed by atoms with Crippen LogP contribution < -0.4 is 5.32 Å². The molecule has 1 atom stereocenters. The number of Topliss-reactive ketones (excluding diaryl/α,β-unsaturated/α-hetero) is 1. The van der Waals surface area contributed by atoms with Gasteiger partial charge in [0.1, 0.15) is 0 Å². The second kappa shape index (κ2) is 9.07. The van der Waals surface area contributed by atoms with E-state index in [0.29, 0.717) is 24.3 Å². The summed E-state index contributed by atoms with van der Waals surface area (Å²) in [6, 6.07) is 6.99. The Morgan fingerprint density at radius 2 is 1.83 bits per heavy atom. The van der Waals surface area contributed by atoms with Gasteiger partial charge in [-0.25, -0.2) is 0 Å². The maximum Gasteiger partial charge on any atom is 0.224 e. The van der Waals surface area contributed by atoms with Crippen molar-refractivity contribution in [3.8, 4) is 0 Å². The minimum atomic E-state index is -0.481. The van der Waals surface area contributed by atoms with Gasteiger partial charge in [-0.15, -0.1) is 11.6 Å². The molecule has 0 heterocycles. The predicted octanol–water partition coefficient (Wildman–Crippen LogP) is 5.19. The number of alkyl halides is 1. The van der Waals surface area contributed by atoms with Crippen LogP contribution >= 0.6 is 11.6 Å². The Hall–Kier alpha value is -1.35.